The predicted octanol–water partition coefficient (Wildman–Crippen LogP) is 3.45. The molecule has 2 aliphatic carbocycles. The molecule has 4 unspecified atom stereocenters. The molecule has 0 amide bonds. The molecule has 1 N–H and O–H groups in total. The Morgan fingerprint density at radius 2 is 2.13 bits per heavy atom. The standard InChI is InChI=1S/C14H27N/c1-3-4-11(2)9-15-10-14-8-12-5-6-13(14)7-12/h11-15H,3-10H2,1-2H3. The van der Waals surface area contributed by atoms with Crippen LogP contribution in [0.25, 0.3) is 0 Å². The summed E-state index contributed by atoms with van der Waals surface area (Å²) in [5.74, 6) is 4.09. The van der Waals surface area contributed by atoms with Crippen molar-refractivity contribution in [2.45, 2.75) is 52.4 Å². The van der Waals surface area contributed by atoms with Crippen LogP contribution in [0.3, 0.4) is 0 Å². The summed E-state index contributed by atoms with van der Waals surface area (Å²) in [6.45, 7) is 7.20. The van der Waals surface area contributed by atoms with Gasteiger partial charge in [0.05, 0.1) is 0 Å². The van der Waals surface area contributed by atoms with Gasteiger partial charge >= 0.3 is 0 Å². The summed E-state index contributed by atoms with van der Waals surface area (Å²) in [5, 5.41) is 3.70. The second-order valence-corrected chi connectivity index (χ2v) is 5.99. The minimum absolute atomic E-state index is 0.869. The van der Waals surface area contributed by atoms with Crippen molar-refractivity contribution in [3.8, 4) is 0 Å². The molecular weight excluding hydrogens is 182 g/mol. The molecule has 1 nitrogen and oxygen atoms in total. The number of hydrogen-bond donors (Lipinski definition) is 1. The summed E-state index contributed by atoms with van der Waals surface area (Å²) >= 11 is 0. The van der Waals surface area contributed by atoms with Gasteiger partial charge in [-0.2, -0.15) is 0 Å². The largest absolute Gasteiger partial charge is 0.316 e. The van der Waals surface area contributed by atoms with E-state index in [1.807, 2.05) is 0 Å². The average Bonchev–Trinajstić information content (AvgIpc) is 2.79. The highest BCUT2D eigenvalue weighted by molar-refractivity contribution is 4.90. The molecule has 0 aromatic heterocycles. The van der Waals surface area contributed by atoms with Crippen LogP contribution < -0.4 is 5.32 Å². The zero-order chi connectivity index (χ0) is 10.7. The first kappa shape index (κ1) is 11.4. The van der Waals surface area contributed by atoms with Gasteiger partial charge in [-0.25, -0.2) is 0 Å². The molecule has 0 radical (unpaired) electrons. The molecule has 4 atom stereocenters. The summed E-state index contributed by atoms with van der Waals surface area (Å²) in [6, 6.07) is 0. The van der Waals surface area contributed by atoms with Gasteiger partial charge in [0.25, 0.3) is 0 Å². The van der Waals surface area contributed by atoms with Gasteiger partial charge in [-0.3, -0.25) is 0 Å². The topological polar surface area (TPSA) is 12.0 Å². The van der Waals surface area contributed by atoms with Crippen LogP contribution in [0.4, 0.5) is 0 Å². The fraction of sp³-hybridized carbons (Fsp3) is 1.00. The van der Waals surface area contributed by atoms with Gasteiger partial charge in [-0.05, 0) is 62.4 Å². The quantitative estimate of drug-likeness (QED) is 0.706. The van der Waals surface area contributed by atoms with E-state index in [1.165, 1.54) is 45.2 Å². The normalized spacial score (nSPS) is 36.0. The molecule has 2 saturated carbocycles. The SMILES string of the molecule is CCCC(C)CNCC1CC2CCC1C2. The summed E-state index contributed by atoms with van der Waals surface area (Å²) in [5.41, 5.74) is 0. The van der Waals surface area contributed by atoms with Crippen LogP contribution in [0.1, 0.15) is 52.4 Å². The van der Waals surface area contributed by atoms with Crippen molar-refractivity contribution >= 4 is 0 Å². The second-order valence-electron chi connectivity index (χ2n) is 5.99. The third kappa shape index (κ3) is 2.96. The summed E-state index contributed by atoms with van der Waals surface area (Å²) in [7, 11) is 0. The minimum Gasteiger partial charge on any atom is -0.316 e. The van der Waals surface area contributed by atoms with Gasteiger partial charge < -0.3 is 5.32 Å². The number of fused-ring (bicyclic) bond motifs is 2. The maximum atomic E-state index is 3.70. The van der Waals surface area contributed by atoms with E-state index >= 15 is 0 Å². The Balaban J connectivity index is 1.58. The predicted molar refractivity (Wildman–Crippen MR) is 65.9 cm³/mol. The molecule has 0 heterocycles. The molecule has 0 aromatic rings. The monoisotopic (exact) mass is 209 g/mol. The first-order valence-electron chi connectivity index (χ1n) is 7.00. The summed E-state index contributed by atoms with van der Waals surface area (Å²) < 4.78 is 0. The Bertz CT molecular complexity index is 190. The van der Waals surface area contributed by atoms with E-state index in [-0.39, 0.29) is 0 Å². The maximum Gasteiger partial charge on any atom is -0.00176 e. The van der Waals surface area contributed by atoms with Crippen LogP contribution >= 0.6 is 0 Å². The zero-order valence-corrected chi connectivity index (χ0v) is 10.5. The number of rotatable bonds is 6. The fourth-order valence-corrected chi connectivity index (χ4v) is 3.74. The van der Waals surface area contributed by atoms with Gasteiger partial charge in [0.1, 0.15) is 0 Å². The van der Waals surface area contributed by atoms with Crippen molar-refractivity contribution < 1.29 is 0 Å². The van der Waals surface area contributed by atoms with Crippen molar-refractivity contribution in [3.63, 3.8) is 0 Å². The average molecular weight is 209 g/mol. The van der Waals surface area contributed by atoms with E-state index in [0.29, 0.717) is 0 Å². The van der Waals surface area contributed by atoms with Gasteiger partial charge in [-0.15, -0.1) is 0 Å². The van der Waals surface area contributed by atoms with E-state index < -0.39 is 0 Å². The first-order valence-corrected chi connectivity index (χ1v) is 7.00. The van der Waals surface area contributed by atoms with Crippen LogP contribution in [-0.4, -0.2) is 13.1 Å². The lowest BCUT2D eigenvalue weighted by atomic mass is 9.89. The lowest BCUT2D eigenvalue weighted by molar-refractivity contribution is 0.311. The third-order valence-corrected chi connectivity index (χ3v) is 4.57. The minimum atomic E-state index is 0.869. The lowest BCUT2D eigenvalue weighted by Gasteiger charge is -2.22. The molecule has 0 saturated heterocycles. The highest BCUT2D eigenvalue weighted by atomic mass is 14.9. The Morgan fingerprint density at radius 3 is 2.73 bits per heavy atom. The molecule has 0 aromatic carbocycles. The highest BCUT2D eigenvalue weighted by Crippen LogP contribution is 2.47. The molecule has 0 spiro atoms. The molecule has 1 heteroatoms. The van der Waals surface area contributed by atoms with Gasteiger partial charge in [0.15, 0.2) is 0 Å². The van der Waals surface area contributed by atoms with Gasteiger partial charge in [0.2, 0.25) is 0 Å². The molecule has 2 rings (SSSR count). The molecular formula is C14H27N. The Labute approximate surface area is 95.0 Å². The van der Waals surface area contributed by atoms with E-state index in [1.54, 1.807) is 6.42 Å². The smallest absolute Gasteiger partial charge is 0.00176 e. The molecule has 15 heavy (non-hydrogen) atoms. The van der Waals surface area contributed by atoms with Gasteiger partial charge in [0, 0.05) is 0 Å². The van der Waals surface area contributed by atoms with Gasteiger partial charge in [-0.1, -0.05) is 26.7 Å². The van der Waals surface area contributed by atoms with Crippen LogP contribution in [0.15, 0.2) is 0 Å². The van der Waals surface area contributed by atoms with E-state index in [0.717, 1.165) is 23.7 Å². The van der Waals surface area contributed by atoms with E-state index in [9.17, 15) is 0 Å². The van der Waals surface area contributed by atoms with E-state index in [4.69, 9.17) is 0 Å². The zero-order valence-electron chi connectivity index (χ0n) is 10.5. The molecule has 2 fully saturated rings. The number of nitrogens with one attached hydrogen (secondary N) is 1. The molecule has 88 valence electrons. The van der Waals surface area contributed by atoms with Crippen molar-refractivity contribution in [1.82, 2.24) is 5.32 Å². The summed E-state index contributed by atoms with van der Waals surface area (Å²) in [6.07, 6.45) is 8.85. The lowest BCUT2D eigenvalue weighted by Crippen LogP contribution is -2.29. The first-order chi connectivity index (χ1) is 7.29. The molecule has 0 aliphatic heterocycles. The van der Waals surface area contributed by atoms with Crippen LogP contribution in [0.5, 0.6) is 0 Å². The Morgan fingerprint density at radius 1 is 1.27 bits per heavy atom. The molecule has 2 aliphatic rings. The van der Waals surface area contributed by atoms with Crippen molar-refractivity contribution in [2.24, 2.45) is 23.7 Å². The van der Waals surface area contributed by atoms with Crippen molar-refractivity contribution in [1.29, 1.82) is 0 Å². The highest BCUT2D eigenvalue weighted by Gasteiger charge is 2.38. The van der Waals surface area contributed by atoms with E-state index in [2.05, 4.69) is 19.2 Å². The third-order valence-electron chi connectivity index (χ3n) is 4.57. The van der Waals surface area contributed by atoms with Crippen LogP contribution in [-0.2, 0) is 0 Å². The number of hydrogen-bond acceptors (Lipinski definition) is 1. The summed E-state index contributed by atoms with van der Waals surface area (Å²) in [4.78, 5) is 0. The molecule has 2 bridgehead atoms. The Hall–Kier alpha value is -0.0400. The van der Waals surface area contributed by atoms with Crippen molar-refractivity contribution in [2.75, 3.05) is 13.1 Å². The maximum absolute atomic E-state index is 3.70. The van der Waals surface area contributed by atoms with Crippen LogP contribution in [0, 0.1) is 23.7 Å². The van der Waals surface area contributed by atoms with Crippen molar-refractivity contribution in [3.05, 3.63) is 0 Å². The second kappa shape index (κ2) is 5.34. The van der Waals surface area contributed by atoms with Crippen LogP contribution in [0.2, 0.25) is 0 Å². The Kier molecular flexibility index (Phi) is 4.07. The fourth-order valence-electron chi connectivity index (χ4n) is 3.74.